The maximum absolute atomic E-state index is 12.4. The molecule has 0 radical (unpaired) electrons. The number of amides is 4. The smallest absolute Gasteiger partial charge is 0.325 e. The number of hydrogen-bond acceptors (Lipinski definition) is 4. The highest BCUT2D eigenvalue weighted by Gasteiger charge is 2.37. The third-order valence-corrected chi connectivity index (χ3v) is 3.94. The molecule has 2 aromatic rings. The van der Waals surface area contributed by atoms with Crippen molar-refractivity contribution >= 4 is 23.5 Å². The zero-order valence-corrected chi connectivity index (χ0v) is 13.8. The van der Waals surface area contributed by atoms with Crippen LogP contribution in [0.5, 0.6) is 0 Å². The van der Waals surface area contributed by atoms with Crippen molar-refractivity contribution in [2.75, 3.05) is 5.32 Å². The molecule has 0 spiro atoms. The average Bonchev–Trinajstić information content (AvgIpc) is 3.11. The minimum Gasteiger partial charge on any atom is -0.326 e. The number of aromatic nitrogens is 2. The van der Waals surface area contributed by atoms with Gasteiger partial charge in [0.25, 0.3) is 5.91 Å². The molecule has 0 bridgehead atoms. The van der Waals surface area contributed by atoms with Crippen LogP contribution in [0, 0.1) is 0 Å². The zero-order chi connectivity index (χ0) is 17.8. The van der Waals surface area contributed by atoms with Gasteiger partial charge < -0.3 is 10.6 Å². The molecule has 8 heteroatoms. The number of nitrogens with zero attached hydrogens (tertiary/aromatic N) is 3. The van der Waals surface area contributed by atoms with Gasteiger partial charge in [0.1, 0.15) is 6.04 Å². The molecule has 25 heavy (non-hydrogen) atoms. The fourth-order valence-electron chi connectivity index (χ4n) is 2.67. The molecule has 0 unspecified atom stereocenters. The fourth-order valence-corrected chi connectivity index (χ4v) is 2.67. The van der Waals surface area contributed by atoms with Gasteiger partial charge >= 0.3 is 6.03 Å². The summed E-state index contributed by atoms with van der Waals surface area (Å²) in [5.41, 5.74) is 1.47. The zero-order valence-electron chi connectivity index (χ0n) is 13.8. The highest BCUT2D eigenvalue weighted by atomic mass is 16.2. The van der Waals surface area contributed by atoms with Gasteiger partial charge in [0.2, 0.25) is 5.91 Å². The number of carbonyl (C=O) groups excluding carboxylic acids is 3. The predicted molar refractivity (Wildman–Crippen MR) is 90.4 cm³/mol. The van der Waals surface area contributed by atoms with Crippen molar-refractivity contribution in [2.45, 2.75) is 25.4 Å². The van der Waals surface area contributed by atoms with Gasteiger partial charge in [-0.25, -0.2) is 4.79 Å². The van der Waals surface area contributed by atoms with E-state index in [1.165, 1.54) is 4.90 Å². The molecular formula is C17H19N5O3. The summed E-state index contributed by atoms with van der Waals surface area (Å²) < 4.78 is 1.58. The SMILES string of the molecule is Cn1cc(NC(=O)CC[C@@H]2NC(=O)N(Cc3ccccc3)C2=O)cn1. The summed E-state index contributed by atoms with van der Waals surface area (Å²) in [6, 6.07) is 8.20. The van der Waals surface area contributed by atoms with Crippen LogP contribution in [0.4, 0.5) is 10.5 Å². The standard InChI is InChI=1S/C17H19N5O3/c1-21-11-13(9-18-21)19-15(23)8-7-14-16(24)22(17(25)20-14)10-12-5-3-2-4-6-12/h2-6,9,11,14H,7-8,10H2,1H3,(H,19,23)(H,20,25)/t14-/m0/s1. The van der Waals surface area contributed by atoms with Crippen LogP contribution in [0.25, 0.3) is 0 Å². The highest BCUT2D eigenvalue weighted by molar-refractivity contribution is 6.04. The minimum absolute atomic E-state index is 0.130. The fraction of sp³-hybridized carbons (Fsp3) is 0.294. The van der Waals surface area contributed by atoms with E-state index >= 15 is 0 Å². The van der Waals surface area contributed by atoms with E-state index in [1.54, 1.807) is 24.1 Å². The van der Waals surface area contributed by atoms with Gasteiger partial charge in [0.15, 0.2) is 0 Å². The summed E-state index contributed by atoms with van der Waals surface area (Å²) in [6.07, 6.45) is 3.61. The van der Waals surface area contributed by atoms with Crippen molar-refractivity contribution in [3.63, 3.8) is 0 Å². The first-order valence-corrected chi connectivity index (χ1v) is 7.97. The molecule has 3 rings (SSSR count). The van der Waals surface area contributed by atoms with E-state index in [4.69, 9.17) is 0 Å². The minimum atomic E-state index is -0.670. The van der Waals surface area contributed by atoms with Crippen LogP contribution in [-0.4, -0.2) is 38.6 Å². The summed E-state index contributed by atoms with van der Waals surface area (Å²) in [5, 5.41) is 9.31. The molecule has 0 saturated carbocycles. The Balaban J connectivity index is 1.52. The molecule has 0 aliphatic carbocycles. The molecule has 2 heterocycles. The van der Waals surface area contributed by atoms with E-state index in [2.05, 4.69) is 15.7 Å². The lowest BCUT2D eigenvalue weighted by Crippen LogP contribution is -2.31. The number of nitrogens with one attached hydrogen (secondary N) is 2. The lowest BCUT2D eigenvalue weighted by Gasteiger charge is -2.13. The molecule has 4 amide bonds. The predicted octanol–water partition coefficient (Wildman–Crippen LogP) is 1.26. The Labute approximate surface area is 144 Å². The Bertz CT molecular complexity index is 787. The molecule has 1 aromatic carbocycles. The van der Waals surface area contributed by atoms with Crippen LogP contribution in [-0.2, 0) is 23.2 Å². The van der Waals surface area contributed by atoms with Gasteiger partial charge in [-0.1, -0.05) is 30.3 Å². The first kappa shape index (κ1) is 16.7. The van der Waals surface area contributed by atoms with Gasteiger partial charge in [0.05, 0.1) is 18.4 Å². The van der Waals surface area contributed by atoms with E-state index in [-0.39, 0.29) is 31.2 Å². The molecule has 130 valence electrons. The molecule has 2 N–H and O–H groups in total. The molecule has 1 aromatic heterocycles. The maximum Gasteiger partial charge on any atom is 0.325 e. The summed E-state index contributed by atoms with van der Waals surface area (Å²) in [7, 11) is 1.75. The number of urea groups is 1. The normalized spacial score (nSPS) is 16.8. The number of carbonyl (C=O) groups is 3. The van der Waals surface area contributed by atoms with Gasteiger partial charge in [0, 0.05) is 19.7 Å². The summed E-state index contributed by atoms with van der Waals surface area (Å²) >= 11 is 0. The van der Waals surface area contributed by atoms with E-state index in [9.17, 15) is 14.4 Å². The Morgan fingerprint density at radius 1 is 1.28 bits per heavy atom. The third-order valence-electron chi connectivity index (χ3n) is 3.94. The number of hydrogen-bond donors (Lipinski definition) is 2. The lowest BCUT2D eigenvalue weighted by molar-refractivity contribution is -0.128. The number of aryl methyl sites for hydroxylation is 1. The van der Waals surface area contributed by atoms with E-state index in [0.717, 1.165) is 5.56 Å². The van der Waals surface area contributed by atoms with Crippen LogP contribution < -0.4 is 10.6 Å². The number of benzene rings is 1. The van der Waals surface area contributed by atoms with Gasteiger partial charge in [-0.15, -0.1) is 0 Å². The molecule has 8 nitrogen and oxygen atoms in total. The van der Waals surface area contributed by atoms with Crippen molar-refractivity contribution in [3.05, 3.63) is 48.3 Å². The second-order valence-electron chi connectivity index (χ2n) is 5.90. The summed E-state index contributed by atoms with van der Waals surface area (Å²) in [5.74, 6) is -0.528. The monoisotopic (exact) mass is 341 g/mol. The first-order valence-electron chi connectivity index (χ1n) is 7.97. The van der Waals surface area contributed by atoms with Gasteiger partial charge in [-0.3, -0.25) is 19.2 Å². The first-order chi connectivity index (χ1) is 12.0. The topological polar surface area (TPSA) is 96.3 Å². The Hall–Kier alpha value is -3.16. The third kappa shape index (κ3) is 4.03. The number of anilines is 1. The number of rotatable bonds is 6. The van der Waals surface area contributed by atoms with Crippen LogP contribution in [0.2, 0.25) is 0 Å². The van der Waals surface area contributed by atoms with Crippen molar-refractivity contribution in [1.29, 1.82) is 0 Å². The van der Waals surface area contributed by atoms with Crippen molar-refractivity contribution in [1.82, 2.24) is 20.0 Å². The molecule has 1 saturated heterocycles. The molecular weight excluding hydrogens is 322 g/mol. The van der Waals surface area contributed by atoms with E-state index in [0.29, 0.717) is 5.69 Å². The van der Waals surface area contributed by atoms with E-state index < -0.39 is 12.1 Å². The quantitative estimate of drug-likeness (QED) is 0.773. The molecule has 1 fully saturated rings. The average molecular weight is 341 g/mol. The van der Waals surface area contributed by atoms with Crippen molar-refractivity contribution in [2.24, 2.45) is 7.05 Å². The van der Waals surface area contributed by atoms with Crippen LogP contribution >= 0.6 is 0 Å². The lowest BCUT2D eigenvalue weighted by atomic mass is 10.1. The molecule has 1 aliphatic heterocycles. The number of imide groups is 1. The summed E-state index contributed by atoms with van der Waals surface area (Å²) in [4.78, 5) is 37.5. The van der Waals surface area contributed by atoms with Crippen molar-refractivity contribution < 1.29 is 14.4 Å². The van der Waals surface area contributed by atoms with Crippen molar-refractivity contribution in [3.8, 4) is 0 Å². The van der Waals surface area contributed by atoms with Gasteiger partial charge in [-0.05, 0) is 12.0 Å². The van der Waals surface area contributed by atoms with Gasteiger partial charge in [-0.2, -0.15) is 5.10 Å². The molecule has 1 aliphatic rings. The van der Waals surface area contributed by atoms with Crippen LogP contribution in [0.15, 0.2) is 42.7 Å². The Morgan fingerprint density at radius 3 is 2.72 bits per heavy atom. The second kappa shape index (κ2) is 7.16. The maximum atomic E-state index is 12.4. The Kier molecular flexibility index (Phi) is 4.78. The summed E-state index contributed by atoms with van der Waals surface area (Å²) in [6.45, 7) is 0.226. The second-order valence-corrected chi connectivity index (χ2v) is 5.90. The van der Waals surface area contributed by atoms with E-state index in [1.807, 2.05) is 30.3 Å². The highest BCUT2D eigenvalue weighted by Crippen LogP contribution is 2.15. The van der Waals surface area contributed by atoms with Crippen LogP contribution in [0.3, 0.4) is 0 Å². The molecule has 1 atom stereocenters. The van der Waals surface area contributed by atoms with Crippen LogP contribution in [0.1, 0.15) is 18.4 Å². The largest absolute Gasteiger partial charge is 0.326 e. The Morgan fingerprint density at radius 2 is 2.04 bits per heavy atom.